The number of nitrogen functional groups attached to an aromatic ring is 1. The highest BCUT2D eigenvalue weighted by Gasteiger charge is 2.40. The van der Waals surface area contributed by atoms with Crippen molar-refractivity contribution in [3.8, 4) is 0 Å². The number of nitrogens with zero attached hydrogens (tertiary/aromatic N) is 1. The number of nitrogens with one attached hydrogen (secondary N) is 1. The summed E-state index contributed by atoms with van der Waals surface area (Å²) >= 11 is 7.16. The van der Waals surface area contributed by atoms with Crippen LogP contribution in [0, 0.1) is 0 Å². The summed E-state index contributed by atoms with van der Waals surface area (Å²) in [5.41, 5.74) is 6.64. The van der Waals surface area contributed by atoms with Gasteiger partial charge in [-0.15, -0.1) is 0 Å². The molecule has 0 radical (unpaired) electrons. The average Bonchev–Trinajstić information content (AvgIpc) is 3.23. The summed E-state index contributed by atoms with van der Waals surface area (Å²) in [5.74, 6) is 0.0774. The summed E-state index contributed by atoms with van der Waals surface area (Å²) in [7, 11) is -3.37. The van der Waals surface area contributed by atoms with Gasteiger partial charge in [0.25, 0.3) is 0 Å². The van der Waals surface area contributed by atoms with E-state index in [1.54, 1.807) is 6.07 Å². The first-order valence-corrected chi connectivity index (χ1v) is 9.16. The Morgan fingerprint density at radius 1 is 1.38 bits per heavy atom. The van der Waals surface area contributed by atoms with Crippen LogP contribution in [0.2, 0.25) is 5.02 Å². The molecule has 3 N–H and O–H groups in total. The van der Waals surface area contributed by atoms with Crippen LogP contribution in [0.3, 0.4) is 0 Å². The number of aromatic nitrogens is 1. The lowest BCUT2D eigenvalue weighted by molar-refractivity contribution is 0.595. The van der Waals surface area contributed by atoms with Gasteiger partial charge in [-0.25, -0.2) is 8.42 Å². The number of halogens is 1. The van der Waals surface area contributed by atoms with Crippen molar-refractivity contribution >= 4 is 43.8 Å². The zero-order chi connectivity index (χ0) is 15.0. The summed E-state index contributed by atoms with van der Waals surface area (Å²) in [5, 5.41) is 3.90. The molecule has 1 aliphatic rings. The second-order valence-corrected chi connectivity index (χ2v) is 8.26. The molecule has 1 aromatic heterocycles. The molecule has 1 fully saturated rings. The fourth-order valence-corrected chi connectivity index (χ4v) is 5.13. The van der Waals surface area contributed by atoms with E-state index in [1.807, 2.05) is 18.2 Å². The zero-order valence-electron chi connectivity index (χ0n) is 11.0. The molecule has 8 heteroatoms. The lowest BCUT2D eigenvalue weighted by Gasteiger charge is -2.08. The molecule has 0 unspecified atom stereocenters. The van der Waals surface area contributed by atoms with Gasteiger partial charge < -0.3 is 11.1 Å². The van der Waals surface area contributed by atoms with Crippen LogP contribution in [0.4, 0.5) is 10.8 Å². The fourth-order valence-electron chi connectivity index (χ4n) is 2.04. The van der Waals surface area contributed by atoms with Gasteiger partial charge in [-0.05, 0) is 36.0 Å². The van der Waals surface area contributed by atoms with Gasteiger partial charge in [-0.3, -0.25) is 0 Å². The van der Waals surface area contributed by atoms with Gasteiger partial charge in [0.15, 0.2) is 15.7 Å². The predicted molar refractivity (Wildman–Crippen MR) is 85.5 cm³/mol. The van der Waals surface area contributed by atoms with Crippen molar-refractivity contribution in [1.82, 2.24) is 4.37 Å². The van der Waals surface area contributed by atoms with Crippen LogP contribution in [0.15, 0.2) is 29.2 Å². The van der Waals surface area contributed by atoms with Crippen LogP contribution in [-0.2, 0) is 16.4 Å². The molecule has 0 saturated heterocycles. The Hall–Kier alpha value is -1.31. The molecule has 1 aromatic carbocycles. The minimum atomic E-state index is -3.37. The van der Waals surface area contributed by atoms with Crippen LogP contribution in [0.25, 0.3) is 0 Å². The van der Waals surface area contributed by atoms with E-state index in [4.69, 9.17) is 17.3 Å². The first kappa shape index (κ1) is 14.6. The van der Waals surface area contributed by atoms with Crippen LogP contribution in [0.5, 0.6) is 0 Å². The number of anilines is 2. The highest BCUT2D eigenvalue weighted by atomic mass is 35.5. The van der Waals surface area contributed by atoms with E-state index < -0.39 is 9.84 Å². The number of nitrogens with two attached hydrogens (primary N) is 1. The Kier molecular flexibility index (Phi) is 3.81. The summed E-state index contributed by atoms with van der Waals surface area (Å²) in [6, 6.07) is 7.40. The Bertz CT molecular complexity index is 769. The van der Waals surface area contributed by atoms with Gasteiger partial charge in [0, 0.05) is 11.6 Å². The molecule has 2 aromatic rings. The van der Waals surface area contributed by atoms with Gasteiger partial charge in [0.2, 0.25) is 0 Å². The number of benzene rings is 1. The first-order chi connectivity index (χ1) is 10.00. The van der Waals surface area contributed by atoms with E-state index in [0.717, 1.165) is 17.1 Å². The first-order valence-electron chi connectivity index (χ1n) is 6.46. The second-order valence-electron chi connectivity index (χ2n) is 4.92. The molecule has 21 heavy (non-hydrogen) atoms. The third kappa shape index (κ3) is 2.86. The van der Waals surface area contributed by atoms with Crippen molar-refractivity contribution < 1.29 is 8.42 Å². The van der Waals surface area contributed by atoms with E-state index >= 15 is 0 Å². The molecule has 1 aliphatic carbocycles. The largest absolute Gasteiger partial charge is 0.382 e. The highest BCUT2D eigenvalue weighted by molar-refractivity contribution is 7.92. The number of hydrogen-bond acceptors (Lipinski definition) is 6. The summed E-state index contributed by atoms with van der Waals surface area (Å²) in [6.07, 6.45) is 1.39. The van der Waals surface area contributed by atoms with Crippen LogP contribution in [0.1, 0.15) is 18.4 Å². The molecule has 0 atom stereocenters. The Morgan fingerprint density at radius 3 is 2.76 bits per heavy atom. The van der Waals surface area contributed by atoms with Gasteiger partial charge >= 0.3 is 0 Å². The third-order valence-electron chi connectivity index (χ3n) is 3.32. The fraction of sp³-hybridized carbons (Fsp3) is 0.308. The summed E-state index contributed by atoms with van der Waals surface area (Å²) < 4.78 is 28.8. The van der Waals surface area contributed by atoms with E-state index in [1.165, 1.54) is 0 Å². The number of hydrogen-bond donors (Lipinski definition) is 2. The third-order valence-corrected chi connectivity index (χ3v) is 6.97. The van der Waals surface area contributed by atoms with Crippen LogP contribution < -0.4 is 11.1 Å². The topological polar surface area (TPSA) is 85.1 Å². The van der Waals surface area contributed by atoms with Gasteiger partial charge in [0.05, 0.1) is 5.25 Å². The van der Waals surface area contributed by atoms with Crippen molar-refractivity contribution in [1.29, 1.82) is 0 Å². The number of rotatable bonds is 5. The van der Waals surface area contributed by atoms with E-state index in [2.05, 4.69) is 9.69 Å². The summed E-state index contributed by atoms with van der Waals surface area (Å²) in [6.45, 7) is 0.425. The second kappa shape index (κ2) is 5.47. The number of sulfone groups is 1. The molecule has 0 amide bonds. The molecule has 0 bridgehead atoms. The molecule has 3 rings (SSSR count). The van der Waals surface area contributed by atoms with Crippen molar-refractivity contribution in [2.45, 2.75) is 29.5 Å². The molecule has 1 saturated carbocycles. The van der Waals surface area contributed by atoms with Crippen LogP contribution in [-0.4, -0.2) is 18.0 Å². The maximum atomic E-state index is 12.4. The van der Waals surface area contributed by atoms with Gasteiger partial charge in [-0.1, -0.05) is 29.8 Å². The molecule has 1 heterocycles. The molecular weight excluding hydrogens is 330 g/mol. The molecule has 112 valence electrons. The van der Waals surface area contributed by atoms with E-state index in [-0.39, 0.29) is 16.0 Å². The minimum absolute atomic E-state index is 0.0774. The lowest BCUT2D eigenvalue weighted by atomic mass is 10.2. The normalized spacial score (nSPS) is 15.1. The molecule has 5 nitrogen and oxygen atoms in total. The maximum absolute atomic E-state index is 12.4. The Balaban J connectivity index is 1.86. The van der Waals surface area contributed by atoms with E-state index in [9.17, 15) is 8.42 Å². The molecule has 0 aliphatic heterocycles. The smallest absolute Gasteiger partial charge is 0.187 e. The van der Waals surface area contributed by atoms with E-state index in [0.29, 0.717) is 29.4 Å². The molecular formula is C13H14ClN3O2S2. The van der Waals surface area contributed by atoms with Crippen molar-refractivity contribution in [2.24, 2.45) is 0 Å². The summed E-state index contributed by atoms with van der Waals surface area (Å²) in [4.78, 5) is 0.141. The average molecular weight is 344 g/mol. The lowest BCUT2D eigenvalue weighted by Crippen LogP contribution is -2.11. The van der Waals surface area contributed by atoms with Crippen molar-refractivity contribution in [2.75, 3.05) is 11.1 Å². The minimum Gasteiger partial charge on any atom is -0.382 e. The monoisotopic (exact) mass is 343 g/mol. The molecule has 0 spiro atoms. The standard InChI is InChI=1S/C13H14ClN3O2S2/c14-10-4-2-1-3-8(10)7-16-13-11(12(15)17-20-13)21(18,19)9-5-6-9/h1-4,9,16H,5-7H2,(H2,15,17). The van der Waals surface area contributed by atoms with Crippen LogP contribution >= 0.6 is 23.1 Å². The van der Waals surface area contributed by atoms with Crippen molar-refractivity contribution in [3.63, 3.8) is 0 Å². The Morgan fingerprint density at radius 2 is 2.10 bits per heavy atom. The van der Waals surface area contributed by atoms with Crippen molar-refractivity contribution in [3.05, 3.63) is 34.9 Å². The predicted octanol–water partition coefficient (Wildman–Crippen LogP) is 2.93. The van der Waals surface area contributed by atoms with Gasteiger partial charge in [0.1, 0.15) is 9.90 Å². The highest BCUT2D eigenvalue weighted by Crippen LogP contribution is 2.41. The van der Waals surface area contributed by atoms with Gasteiger partial charge in [-0.2, -0.15) is 4.37 Å². The zero-order valence-corrected chi connectivity index (χ0v) is 13.4. The maximum Gasteiger partial charge on any atom is 0.187 e. The quantitative estimate of drug-likeness (QED) is 0.871. The Labute approximate surface area is 132 Å². The SMILES string of the molecule is Nc1nsc(NCc2ccccc2Cl)c1S(=O)(=O)C1CC1.